The van der Waals surface area contributed by atoms with E-state index in [2.05, 4.69) is 24.4 Å². The van der Waals surface area contributed by atoms with Gasteiger partial charge in [-0.15, -0.1) is 0 Å². The fourth-order valence-electron chi connectivity index (χ4n) is 3.28. The Morgan fingerprint density at radius 2 is 2.09 bits per heavy atom. The molecule has 2 aromatic rings. The summed E-state index contributed by atoms with van der Waals surface area (Å²) in [7, 11) is 0. The van der Waals surface area contributed by atoms with Crippen molar-refractivity contribution < 1.29 is 4.39 Å². The average Bonchev–Trinajstić information content (AvgIpc) is 3.09. The third-order valence-electron chi connectivity index (χ3n) is 4.68. The number of aryl methyl sites for hydroxylation is 2. The largest absolute Gasteiger partial charge is 0.354 e. The van der Waals surface area contributed by atoms with Crippen LogP contribution in [0.15, 0.2) is 25.0 Å². The Kier molecular flexibility index (Phi) is 5.20. The minimum atomic E-state index is -0.242. The quantitative estimate of drug-likeness (QED) is 0.821. The fourth-order valence-corrected chi connectivity index (χ4v) is 3.28. The molecule has 0 unspecified atom stereocenters. The summed E-state index contributed by atoms with van der Waals surface area (Å²) in [4.78, 5) is 14.3. The van der Waals surface area contributed by atoms with Crippen LogP contribution in [-0.2, 0) is 13.0 Å². The predicted octanol–water partition coefficient (Wildman–Crippen LogP) is 3.07. The fraction of sp³-hybridized carbons (Fsp3) is 0.588. The van der Waals surface area contributed by atoms with E-state index in [1.807, 2.05) is 25.6 Å². The van der Waals surface area contributed by atoms with Gasteiger partial charge in [-0.05, 0) is 38.0 Å². The topological polar surface area (TPSA) is 46.8 Å². The third-order valence-corrected chi connectivity index (χ3v) is 4.68. The molecule has 0 spiro atoms. The highest BCUT2D eigenvalue weighted by Crippen LogP contribution is 2.27. The second-order valence-electron chi connectivity index (χ2n) is 6.18. The minimum Gasteiger partial charge on any atom is -0.354 e. The molecule has 0 amide bonds. The molecular formula is C17H24FN5. The molecule has 0 bridgehead atoms. The van der Waals surface area contributed by atoms with Gasteiger partial charge in [-0.1, -0.05) is 6.92 Å². The van der Waals surface area contributed by atoms with Crippen LogP contribution in [0.1, 0.15) is 38.3 Å². The van der Waals surface area contributed by atoms with Gasteiger partial charge in [0.05, 0.1) is 12.0 Å². The number of aromatic nitrogens is 4. The number of rotatable bonds is 6. The molecule has 1 fully saturated rings. The molecule has 1 saturated heterocycles. The van der Waals surface area contributed by atoms with Crippen LogP contribution in [0.25, 0.3) is 0 Å². The summed E-state index contributed by atoms with van der Waals surface area (Å²) in [5, 5.41) is 0. The van der Waals surface area contributed by atoms with E-state index in [0.717, 1.165) is 38.4 Å². The average molecular weight is 317 g/mol. The molecule has 23 heavy (non-hydrogen) atoms. The molecule has 0 aromatic carbocycles. The number of nitrogens with zero attached hydrogens (tertiary/aromatic N) is 5. The van der Waals surface area contributed by atoms with Crippen molar-refractivity contribution in [3.8, 4) is 0 Å². The minimum absolute atomic E-state index is 0.242. The Morgan fingerprint density at radius 3 is 2.78 bits per heavy atom. The van der Waals surface area contributed by atoms with Crippen LogP contribution in [0.2, 0.25) is 0 Å². The van der Waals surface area contributed by atoms with Crippen molar-refractivity contribution in [3.63, 3.8) is 0 Å². The predicted molar refractivity (Wildman–Crippen MR) is 87.8 cm³/mol. The second-order valence-corrected chi connectivity index (χ2v) is 6.18. The number of hydrogen-bond donors (Lipinski definition) is 0. The maximum absolute atomic E-state index is 14.3. The number of halogens is 1. The molecule has 5 nitrogen and oxygen atoms in total. The maximum Gasteiger partial charge on any atom is 0.187 e. The van der Waals surface area contributed by atoms with Crippen LogP contribution in [-0.4, -0.2) is 32.6 Å². The van der Waals surface area contributed by atoms with Gasteiger partial charge in [-0.2, -0.15) is 0 Å². The van der Waals surface area contributed by atoms with Crippen LogP contribution in [0, 0.1) is 11.7 Å². The van der Waals surface area contributed by atoms with Gasteiger partial charge in [-0.3, -0.25) is 0 Å². The molecule has 6 heteroatoms. The molecule has 0 radical (unpaired) electrons. The maximum atomic E-state index is 14.3. The Morgan fingerprint density at radius 1 is 1.26 bits per heavy atom. The van der Waals surface area contributed by atoms with E-state index in [1.54, 1.807) is 0 Å². The molecule has 124 valence electrons. The molecule has 0 atom stereocenters. The molecule has 0 saturated carbocycles. The van der Waals surface area contributed by atoms with Crippen molar-refractivity contribution in [2.45, 2.75) is 45.6 Å². The van der Waals surface area contributed by atoms with E-state index in [0.29, 0.717) is 17.9 Å². The van der Waals surface area contributed by atoms with Crippen LogP contribution in [0.4, 0.5) is 10.2 Å². The van der Waals surface area contributed by atoms with E-state index < -0.39 is 0 Å². The van der Waals surface area contributed by atoms with E-state index in [1.165, 1.54) is 19.2 Å². The number of piperidine rings is 1. The zero-order valence-corrected chi connectivity index (χ0v) is 13.7. The summed E-state index contributed by atoms with van der Waals surface area (Å²) in [6.07, 6.45) is 12.4. The number of hydrogen-bond acceptors (Lipinski definition) is 4. The summed E-state index contributed by atoms with van der Waals surface area (Å²) in [5.41, 5.74) is 0.512. The summed E-state index contributed by atoms with van der Waals surface area (Å²) < 4.78 is 16.5. The second kappa shape index (κ2) is 7.53. The van der Waals surface area contributed by atoms with Crippen molar-refractivity contribution in [1.82, 2.24) is 19.5 Å². The van der Waals surface area contributed by atoms with Crippen molar-refractivity contribution in [1.29, 1.82) is 0 Å². The highest BCUT2D eigenvalue weighted by molar-refractivity contribution is 5.41. The Balaban J connectivity index is 1.48. The van der Waals surface area contributed by atoms with Crippen LogP contribution in [0.3, 0.4) is 0 Å². The Hall–Kier alpha value is -1.98. The lowest BCUT2D eigenvalue weighted by molar-refractivity contribution is 0.360. The lowest BCUT2D eigenvalue weighted by Gasteiger charge is -2.33. The number of imidazole rings is 1. The summed E-state index contributed by atoms with van der Waals surface area (Å²) in [6, 6.07) is 0. The van der Waals surface area contributed by atoms with E-state index in [9.17, 15) is 4.39 Å². The SMILES string of the molecule is CCc1ncnc(N2CCC(CCCn3ccnc3)CC2)c1F. The van der Waals surface area contributed by atoms with Crippen molar-refractivity contribution in [2.24, 2.45) is 5.92 Å². The highest BCUT2D eigenvalue weighted by atomic mass is 19.1. The van der Waals surface area contributed by atoms with Gasteiger partial charge in [0, 0.05) is 32.0 Å². The third kappa shape index (κ3) is 3.86. The normalized spacial score (nSPS) is 16.0. The molecule has 1 aliphatic heterocycles. The van der Waals surface area contributed by atoms with Crippen LogP contribution < -0.4 is 4.90 Å². The van der Waals surface area contributed by atoms with Crippen LogP contribution in [0.5, 0.6) is 0 Å². The number of anilines is 1. The Bertz CT molecular complexity index is 605. The van der Waals surface area contributed by atoms with Gasteiger partial charge >= 0.3 is 0 Å². The lowest BCUT2D eigenvalue weighted by Crippen LogP contribution is -2.35. The zero-order valence-electron chi connectivity index (χ0n) is 13.7. The zero-order chi connectivity index (χ0) is 16.1. The van der Waals surface area contributed by atoms with E-state index in [-0.39, 0.29) is 5.82 Å². The van der Waals surface area contributed by atoms with E-state index >= 15 is 0 Å². The molecule has 0 N–H and O–H groups in total. The molecule has 3 heterocycles. The molecular weight excluding hydrogens is 293 g/mol. The highest BCUT2D eigenvalue weighted by Gasteiger charge is 2.23. The first-order valence-electron chi connectivity index (χ1n) is 8.48. The lowest BCUT2D eigenvalue weighted by atomic mass is 9.92. The summed E-state index contributed by atoms with van der Waals surface area (Å²) in [5.74, 6) is 0.965. The molecule has 0 aliphatic carbocycles. The van der Waals surface area contributed by atoms with Crippen molar-refractivity contribution in [3.05, 3.63) is 36.6 Å². The monoisotopic (exact) mass is 317 g/mol. The van der Waals surface area contributed by atoms with Gasteiger partial charge in [0.25, 0.3) is 0 Å². The first-order valence-corrected chi connectivity index (χ1v) is 8.48. The summed E-state index contributed by atoms with van der Waals surface area (Å²) >= 11 is 0. The van der Waals surface area contributed by atoms with Crippen molar-refractivity contribution in [2.75, 3.05) is 18.0 Å². The van der Waals surface area contributed by atoms with Crippen molar-refractivity contribution >= 4 is 5.82 Å². The summed E-state index contributed by atoms with van der Waals surface area (Å²) in [6.45, 7) is 4.71. The Labute approximate surface area is 136 Å². The van der Waals surface area contributed by atoms with Gasteiger partial charge < -0.3 is 9.47 Å². The molecule has 2 aromatic heterocycles. The van der Waals surface area contributed by atoms with Gasteiger partial charge in [0.15, 0.2) is 11.6 Å². The van der Waals surface area contributed by atoms with Gasteiger partial charge in [-0.25, -0.2) is 19.3 Å². The van der Waals surface area contributed by atoms with Crippen LogP contribution >= 0.6 is 0 Å². The standard InChI is InChI=1S/C17H24FN5/c1-2-15-16(18)17(21-12-20-15)23-9-5-14(6-10-23)4-3-8-22-11-7-19-13-22/h7,11-14H,2-6,8-10H2,1H3. The first kappa shape index (κ1) is 15.9. The molecule has 1 aliphatic rings. The molecule has 3 rings (SSSR count). The van der Waals surface area contributed by atoms with E-state index in [4.69, 9.17) is 0 Å². The smallest absolute Gasteiger partial charge is 0.187 e. The van der Waals surface area contributed by atoms with Gasteiger partial charge in [0.1, 0.15) is 6.33 Å². The van der Waals surface area contributed by atoms with Gasteiger partial charge in [0.2, 0.25) is 0 Å². The first-order chi connectivity index (χ1) is 11.3.